The Morgan fingerprint density at radius 1 is 1.03 bits per heavy atom. The number of furan rings is 1. The molecule has 1 amide bonds. The molecule has 6 nitrogen and oxygen atoms in total. The summed E-state index contributed by atoms with van der Waals surface area (Å²) in [4.78, 5) is 36.8. The highest BCUT2D eigenvalue weighted by atomic mass is 79.9. The molecule has 3 rings (SSSR count). The van der Waals surface area contributed by atoms with Gasteiger partial charge in [0.25, 0.3) is 5.91 Å². The third kappa shape index (κ3) is 5.78. The van der Waals surface area contributed by atoms with Crippen molar-refractivity contribution in [2.75, 3.05) is 5.32 Å². The number of carbonyl (C=O) groups excluding carboxylic acids is 3. The number of carbonyl (C=O) groups is 3. The molecule has 152 valence electrons. The Hall–Kier alpha value is -3.45. The molecule has 0 radical (unpaired) electrons. The maximum atomic E-state index is 12.9. The van der Waals surface area contributed by atoms with E-state index in [1.807, 2.05) is 0 Å². The largest absolute Gasteiger partial charge is 0.450 e. The first kappa shape index (κ1) is 21.3. The molecule has 0 aliphatic heterocycles. The van der Waals surface area contributed by atoms with Crippen LogP contribution in [0, 0.1) is 0 Å². The van der Waals surface area contributed by atoms with Crippen LogP contribution in [-0.2, 0) is 14.3 Å². The van der Waals surface area contributed by atoms with Gasteiger partial charge in [0, 0.05) is 22.9 Å². The Kier molecular flexibility index (Phi) is 6.98. The van der Waals surface area contributed by atoms with Crippen LogP contribution in [0.2, 0.25) is 0 Å². The summed E-state index contributed by atoms with van der Waals surface area (Å²) in [6, 6.07) is 18.6. The second-order valence-corrected chi connectivity index (χ2v) is 7.11. The summed E-state index contributed by atoms with van der Waals surface area (Å²) in [5.74, 6) is -0.902. The highest BCUT2D eigenvalue weighted by Crippen LogP contribution is 2.22. The van der Waals surface area contributed by atoms with Crippen molar-refractivity contribution in [3.63, 3.8) is 0 Å². The van der Waals surface area contributed by atoms with Crippen LogP contribution < -0.4 is 5.32 Å². The number of benzene rings is 2. The van der Waals surface area contributed by atoms with Crippen molar-refractivity contribution in [3.05, 3.63) is 94.4 Å². The molecule has 0 saturated carbocycles. The zero-order chi connectivity index (χ0) is 21.5. The summed E-state index contributed by atoms with van der Waals surface area (Å²) in [5, 5.41) is 2.70. The molecular weight excluding hydrogens is 450 g/mol. The minimum absolute atomic E-state index is 0.119. The number of hydrogen-bond donors (Lipinski definition) is 1. The van der Waals surface area contributed by atoms with Crippen LogP contribution in [0.3, 0.4) is 0 Å². The van der Waals surface area contributed by atoms with E-state index in [0.29, 0.717) is 27.2 Å². The van der Waals surface area contributed by atoms with Gasteiger partial charge >= 0.3 is 5.97 Å². The number of halogens is 1. The lowest BCUT2D eigenvalue weighted by Crippen LogP contribution is -2.25. The number of nitrogens with one attached hydrogen (secondary N) is 1. The summed E-state index contributed by atoms with van der Waals surface area (Å²) in [6.07, 6.45) is 1.46. The fraction of sp³-hybridized carbons (Fsp3) is 0.0870. The Labute approximate surface area is 181 Å². The first-order valence-corrected chi connectivity index (χ1v) is 9.82. The molecule has 0 aliphatic carbocycles. The molecule has 2 aromatic carbocycles. The van der Waals surface area contributed by atoms with Gasteiger partial charge in [-0.15, -0.1) is 0 Å². The third-order valence-electron chi connectivity index (χ3n) is 4.09. The molecule has 0 spiro atoms. The number of ether oxygens (including phenoxy) is 1. The van der Waals surface area contributed by atoms with Crippen LogP contribution >= 0.6 is 15.9 Å². The molecule has 1 unspecified atom stereocenters. The monoisotopic (exact) mass is 467 g/mol. The van der Waals surface area contributed by atoms with Gasteiger partial charge in [-0.2, -0.15) is 0 Å². The molecule has 1 N–H and O–H groups in total. The summed E-state index contributed by atoms with van der Waals surface area (Å²) in [6.45, 7) is 1.44. The number of anilines is 1. The molecule has 7 heteroatoms. The lowest BCUT2D eigenvalue weighted by molar-refractivity contribution is -0.149. The van der Waals surface area contributed by atoms with E-state index in [1.54, 1.807) is 66.7 Å². The van der Waals surface area contributed by atoms with Crippen LogP contribution in [0.1, 0.15) is 34.7 Å². The van der Waals surface area contributed by atoms with Gasteiger partial charge in [0.05, 0.1) is 0 Å². The molecular formula is C23H18BrNO5. The van der Waals surface area contributed by atoms with E-state index in [9.17, 15) is 14.4 Å². The van der Waals surface area contributed by atoms with Crippen LogP contribution in [0.5, 0.6) is 0 Å². The first-order valence-electron chi connectivity index (χ1n) is 9.03. The van der Waals surface area contributed by atoms with E-state index in [2.05, 4.69) is 21.2 Å². The normalized spacial score (nSPS) is 11.8. The number of rotatable bonds is 7. The third-order valence-corrected chi connectivity index (χ3v) is 4.51. The molecule has 1 aromatic heterocycles. The minimum atomic E-state index is -1.17. The van der Waals surface area contributed by atoms with Gasteiger partial charge in [-0.3, -0.25) is 9.59 Å². The SMILES string of the molecule is CC(=O)c1cccc(NC(=O)C(OC(=O)C=Cc2ccc(Br)o2)c2ccccc2)c1. The zero-order valence-corrected chi connectivity index (χ0v) is 17.6. The van der Waals surface area contributed by atoms with Crippen LogP contribution in [0.25, 0.3) is 6.08 Å². The first-order chi connectivity index (χ1) is 14.4. The fourth-order valence-corrected chi connectivity index (χ4v) is 2.97. The van der Waals surface area contributed by atoms with E-state index in [-0.39, 0.29) is 5.78 Å². The number of ketones is 1. The molecule has 0 bridgehead atoms. The van der Waals surface area contributed by atoms with Gasteiger partial charge < -0.3 is 14.5 Å². The number of Topliss-reactive ketones (excluding diaryl/α,β-unsaturated/α-hetero) is 1. The number of hydrogen-bond acceptors (Lipinski definition) is 5. The van der Waals surface area contributed by atoms with Crippen LogP contribution in [-0.4, -0.2) is 17.7 Å². The van der Waals surface area contributed by atoms with Gasteiger partial charge in [0.15, 0.2) is 10.5 Å². The van der Waals surface area contributed by atoms with Crippen molar-refractivity contribution in [1.29, 1.82) is 0 Å². The second-order valence-electron chi connectivity index (χ2n) is 6.33. The lowest BCUT2D eigenvalue weighted by Gasteiger charge is -2.17. The van der Waals surface area contributed by atoms with E-state index >= 15 is 0 Å². The van der Waals surface area contributed by atoms with Crippen LogP contribution in [0.15, 0.2) is 81.9 Å². The van der Waals surface area contributed by atoms with Crippen molar-refractivity contribution < 1.29 is 23.5 Å². The van der Waals surface area contributed by atoms with Crippen molar-refractivity contribution in [2.24, 2.45) is 0 Å². The van der Waals surface area contributed by atoms with E-state index in [4.69, 9.17) is 9.15 Å². The predicted molar refractivity (Wildman–Crippen MR) is 116 cm³/mol. The summed E-state index contributed by atoms with van der Waals surface area (Å²) in [5.41, 5.74) is 1.41. The van der Waals surface area contributed by atoms with E-state index in [0.717, 1.165) is 0 Å². The van der Waals surface area contributed by atoms with Crippen molar-refractivity contribution in [3.8, 4) is 0 Å². The molecule has 0 aliphatic rings. The molecule has 1 atom stereocenters. The average Bonchev–Trinajstić information content (AvgIpc) is 3.16. The number of esters is 1. The minimum Gasteiger partial charge on any atom is -0.450 e. The Morgan fingerprint density at radius 3 is 2.47 bits per heavy atom. The Bertz CT molecular complexity index is 1090. The molecule has 0 fully saturated rings. The van der Waals surface area contributed by atoms with Crippen molar-refractivity contribution in [2.45, 2.75) is 13.0 Å². The predicted octanol–water partition coefficient (Wildman–Crippen LogP) is 5.18. The van der Waals surface area contributed by atoms with Crippen molar-refractivity contribution in [1.82, 2.24) is 0 Å². The van der Waals surface area contributed by atoms with Gasteiger partial charge in [0.2, 0.25) is 6.10 Å². The fourth-order valence-electron chi connectivity index (χ4n) is 2.65. The molecule has 30 heavy (non-hydrogen) atoms. The average molecular weight is 468 g/mol. The Balaban J connectivity index is 1.77. The second kappa shape index (κ2) is 9.84. The molecule has 0 saturated heterocycles. The standard InChI is InChI=1S/C23H18BrNO5/c1-15(26)17-8-5-9-18(14-17)25-23(28)22(16-6-3-2-4-7-16)30-21(27)13-11-19-10-12-20(24)29-19/h2-14,22H,1H3,(H,25,28). The summed E-state index contributed by atoms with van der Waals surface area (Å²) in [7, 11) is 0. The smallest absolute Gasteiger partial charge is 0.332 e. The molecule has 1 heterocycles. The zero-order valence-electron chi connectivity index (χ0n) is 16.0. The maximum absolute atomic E-state index is 12.9. The van der Waals surface area contributed by atoms with E-state index < -0.39 is 18.0 Å². The topological polar surface area (TPSA) is 85.6 Å². The summed E-state index contributed by atoms with van der Waals surface area (Å²) >= 11 is 3.18. The van der Waals surface area contributed by atoms with Gasteiger partial charge in [-0.1, -0.05) is 42.5 Å². The quantitative estimate of drug-likeness (QED) is 0.293. The van der Waals surface area contributed by atoms with Crippen LogP contribution in [0.4, 0.5) is 5.69 Å². The highest BCUT2D eigenvalue weighted by Gasteiger charge is 2.24. The highest BCUT2D eigenvalue weighted by molar-refractivity contribution is 9.10. The maximum Gasteiger partial charge on any atom is 0.332 e. The number of amides is 1. The Morgan fingerprint density at radius 2 is 1.80 bits per heavy atom. The van der Waals surface area contributed by atoms with Gasteiger partial charge in [-0.05, 0) is 53.2 Å². The summed E-state index contributed by atoms with van der Waals surface area (Å²) < 4.78 is 11.2. The van der Waals surface area contributed by atoms with Gasteiger partial charge in [0.1, 0.15) is 5.76 Å². The van der Waals surface area contributed by atoms with Gasteiger partial charge in [-0.25, -0.2) is 4.79 Å². The lowest BCUT2D eigenvalue weighted by atomic mass is 10.1. The van der Waals surface area contributed by atoms with Crippen molar-refractivity contribution >= 4 is 45.4 Å². The molecule has 3 aromatic rings. The van der Waals surface area contributed by atoms with E-state index in [1.165, 1.54) is 19.1 Å².